The second-order valence-corrected chi connectivity index (χ2v) is 3.12. The van der Waals surface area contributed by atoms with E-state index >= 15 is 0 Å². The summed E-state index contributed by atoms with van der Waals surface area (Å²) in [4.78, 5) is -0.587. The second kappa shape index (κ2) is 3.36. The van der Waals surface area contributed by atoms with Gasteiger partial charge in [0.2, 0.25) is 0 Å². The summed E-state index contributed by atoms with van der Waals surface area (Å²) >= 11 is 13.7. The molecule has 6 heteroatoms. The van der Waals surface area contributed by atoms with Crippen molar-refractivity contribution in [3.05, 3.63) is 27.5 Å². The molecule has 0 aromatic heterocycles. The van der Waals surface area contributed by atoms with Gasteiger partial charge in [-0.05, 0) is 0 Å². The highest BCUT2D eigenvalue weighted by atomic mass is 35.5. The Morgan fingerprint density at radius 2 is 1.33 bits per heavy atom. The van der Waals surface area contributed by atoms with Crippen LogP contribution in [0.15, 0.2) is 4.90 Å². The Morgan fingerprint density at radius 1 is 0.833 bits per heavy atom. The largest absolute Gasteiger partial charge is 0.204 e. The lowest BCUT2D eigenvalue weighted by Gasteiger charge is -2.03. The van der Waals surface area contributed by atoms with Gasteiger partial charge < -0.3 is 0 Å². The van der Waals surface area contributed by atoms with E-state index in [-0.39, 0.29) is 0 Å². The predicted molar refractivity (Wildman–Crippen MR) is 43.6 cm³/mol. The Bertz CT molecular complexity index is 235. The van der Waals surface area contributed by atoms with Crippen LogP contribution in [0.1, 0.15) is 0 Å². The van der Waals surface area contributed by atoms with E-state index in [0.29, 0.717) is 0 Å². The Kier molecular flexibility index (Phi) is 2.81. The molecular weight excluding hydrogens is 232 g/mol. The van der Waals surface area contributed by atoms with Gasteiger partial charge in [-0.2, -0.15) is 0 Å². The average molecular weight is 233 g/mol. The van der Waals surface area contributed by atoms with Crippen molar-refractivity contribution in [2.75, 3.05) is 0 Å². The first-order chi connectivity index (χ1) is 5.46. The molecule has 0 fully saturated rings. The van der Waals surface area contributed by atoms with Crippen LogP contribution in [0.5, 0.6) is 0 Å². The lowest BCUT2D eigenvalue weighted by atomic mass is 10.3. The normalized spacial score (nSPS) is 10.5. The Balaban J connectivity index is 3.60. The molecule has 66 valence electrons. The van der Waals surface area contributed by atoms with E-state index in [1.807, 2.05) is 0 Å². The maximum Gasteiger partial charge on any atom is 0.181 e. The fraction of sp³-hybridized carbons (Fsp3) is 0. The third-order valence-corrected chi connectivity index (χ3v) is 2.43. The molecule has 0 aliphatic carbocycles. The van der Waals surface area contributed by atoms with Gasteiger partial charge in [-0.3, -0.25) is 0 Å². The topological polar surface area (TPSA) is 0 Å². The van der Waals surface area contributed by atoms with Crippen molar-refractivity contribution >= 4 is 35.8 Å². The van der Waals surface area contributed by atoms with Gasteiger partial charge in [0.05, 0.1) is 9.92 Å². The zero-order chi connectivity index (χ0) is 9.46. The molecule has 0 unspecified atom stereocenters. The van der Waals surface area contributed by atoms with Crippen molar-refractivity contribution in [2.24, 2.45) is 0 Å². The van der Waals surface area contributed by atoms with Gasteiger partial charge in [-0.15, -0.1) is 12.6 Å². The van der Waals surface area contributed by atoms with E-state index < -0.39 is 32.4 Å². The highest BCUT2D eigenvalue weighted by Gasteiger charge is 2.20. The summed E-state index contributed by atoms with van der Waals surface area (Å²) in [7, 11) is 0. The first-order valence-electron chi connectivity index (χ1n) is 2.67. The van der Waals surface area contributed by atoms with E-state index in [2.05, 4.69) is 12.6 Å². The molecule has 0 saturated carbocycles. The van der Waals surface area contributed by atoms with Crippen LogP contribution in [-0.4, -0.2) is 0 Å². The van der Waals surface area contributed by atoms with E-state index in [9.17, 15) is 13.2 Å². The van der Waals surface area contributed by atoms with Crippen molar-refractivity contribution in [1.82, 2.24) is 0 Å². The first-order valence-corrected chi connectivity index (χ1v) is 3.87. The van der Waals surface area contributed by atoms with Gasteiger partial charge in [0.1, 0.15) is 5.02 Å². The molecule has 1 aromatic carbocycles. The molecule has 1 aromatic rings. The van der Waals surface area contributed by atoms with Crippen LogP contribution in [-0.2, 0) is 0 Å². The molecule has 0 amide bonds. The minimum atomic E-state index is -1.48. The fourth-order valence-electron chi connectivity index (χ4n) is 0.593. The van der Waals surface area contributed by atoms with Crippen molar-refractivity contribution in [1.29, 1.82) is 0 Å². The molecule has 0 heterocycles. The molecule has 0 spiro atoms. The van der Waals surface area contributed by atoms with Crippen LogP contribution < -0.4 is 0 Å². The zero-order valence-corrected chi connectivity index (χ0v) is 7.74. The Labute approximate surface area is 81.7 Å². The summed E-state index contributed by atoms with van der Waals surface area (Å²) in [5.41, 5.74) is 0. The summed E-state index contributed by atoms with van der Waals surface area (Å²) in [5.74, 6) is -4.04. The molecule has 0 N–H and O–H groups in total. The summed E-state index contributed by atoms with van der Waals surface area (Å²) < 4.78 is 37.9. The van der Waals surface area contributed by atoms with Crippen LogP contribution in [0.2, 0.25) is 10.0 Å². The van der Waals surface area contributed by atoms with E-state index in [1.165, 1.54) is 0 Å². The fourth-order valence-corrected chi connectivity index (χ4v) is 1.19. The highest BCUT2D eigenvalue weighted by Crippen LogP contribution is 2.33. The predicted octanol–water partition coefficient (Wildman–Crippen LogP) is 3.70. The lowest BCUT2D eigenvalue weighted by molar-refractivity contribution is 0.478. The van der Waals surface area contributed by atoms with Crippen LogP contribution in [0.25, 0.3) is 0 Å². The van der Waals surface area contributed by atoms with E-state index in [4.69, 9.17) is 23.2 Å². The standard InChI is InChI=1S/C6HCl2F3S/c7-1-3(9)2(8)6(12)5(11)4(1)10/h12H. The summed E-state index contributed by atoms with van der Waals surface area (Å²) in [6.07, 6.45) is 0. The molecular formula is C6HCl2F3S. The smallest absolute Gasteiger partial charge is 0.181 e. The molecule has 0 atom stereocenters. The van der Waals surface area contributed by atoms with E-state index in [0.717, 1.165) is 0 Å². The minimum Gasteiger partial charge on any atom is -0.204 e. The molecule has 0 saturated heterocycles. The molecule has 1 rings (SSSR count). The maximum absolute atomic E-state index is 12.7. The number of hydrogen-bond acceptors (Lipinski definition) is 1. The number of thiol groups is 1. The average Bonchev–Trinajstić information content (AvgIpc) is 2.08. The van der Waals surface area contributed by atoms with Crippen molar-refractivity contribution < 1.29 is 13.2 Å². The third kappa shape index (κ3) is 1.39. The van der Waals surface area contributed by atoms with E-state index in [1.54, 1.807) is 0 Å². The monoisotopic (exact) mass is 232 g/mol. The molecule has 0 bridgehead atoms. The highest BCUT2D eigenvalue weighted by molar-refractivity contribution is 7.80. The molecule has 0 aliphatic heterocycles. The number of halogens is 5. The minimum absolute atomic E-state index is 0.587. The van der Waals surface area contributed by atoms with Gasteiger partial charge in [0.15, 0.2) is 17.5 Å². The molecule has 0 radical (unpaired) electrons. The first kappa shape index (κ1) is 10.0. The lowest BCUT2D eigenvalue weighted by Crippen LogP contribution is -1.93. The maximum atomic E-state index is 12.7. The summed E-state index contributed by atoms with van der Waals surface area (Å²) in [5, 5.41) is -1.59. The van der Waals surface area contributed by atoms with Gasteiger partial charge >= 0.3 is 0 Å². The molecule has 12 heavy (non-hydrogen) atoms. The Morgan fingerprint density at radius 3 is 1.83 bits per heavy atom. The second-order valence-electron chi connectivity index (χ2n) is 1.92. The SMILES string of the molecule is Fc1c(F)c(Cl)c(F)c(Cl)c1S. The number of hydrogen-bond donors (Lipinski definition) is 1. The summed E-state index contributed by atoms with van der Waals surface area (Å²) in [6.45, 7) is 0. The van der Waals surface area contributed by atoms with Crippen LogP contribution in [0, 0.1) is 17.5 Å². The number of benzene rings is 1. The van der Waals surface area contributed by atoms with Gasteiger partial charge in [0, 0.05) is 0 Å². The molecule has 0 aliphatic rings. The number of rotatable bonds is 0. The quantitative estimate of drug-likeness (QED) is 0.394. The zero-order valence-electron chi connectivity index (χ0n) is 5.34. The van der Waals surface area contributed by atoms with Gasteiger partial charge in [-0.25, -0.2) is 13.2 Å². The summed E-state index contributed by atoms with van der Waals surface area (Å²) in [6, 6.07) is 0. The third-order valence-electron chi connectivity index (χ3n) is 1.19. The van der Waals surface area contributed by atoms with Crippen LogP contribution in [0.4, 0.5) is 13.2 Å². The van der Waals surface area contributed by atoms with Crippen LogP contribution >= 0.6 is 35.8 Å². The molecule has 0 nitrogen and oxygen atoms in total. The Hall–Kier alpha value is -0.0600. The van der Waals surface area contributed by atoms with Crippen molar-refractivity contribution in [3.8, 4) is 0 Å². The van der Waals surface area contributed by atoms with Crippen LogP contribution in [0.3, 0.4) is 0 Å². The van der Waals surface area contributed by atoms with Gasteiger partial charge in [-0.1, -0.05) is 23.2 Å². The van der Waals surface area contributed by atoms with Crippen molar-refractivity contribution in [2.45, 2.75) is 4.90 Å². The van der Waals surface area contributed by atoms with Crippen molar-refractivity contribution in [3.63, 3.8) is 0 Å². The van der Waals surface area contributed by atoms with Gasteiger partial charge in [0.25, 0.3) is 0 Å².